The maximum atomic E-state index is 15.5. The number of alkyl halides is 3. The lowest BCUT2D eigenvalue weighted by Gasteiger charge is -2.42. The van der Waals surface area contributed by atoms with E-state index in [9.17, 15) is 18.0 Å². The fraction of sp³-hybridized carbons (Fsp3) is 0.581. The van der Waals surface area contributed by atoms with E-state index in [0.717, 1.165) is 31.0 Å². The van der Waals surface area contributed by atoms with Crippen LogP contribution in [0.25, 0.3) is 0 Å². The number of carbonyl (C=O) groups excluding carboxylic acids is 1. The van der Waals surface area contributed by atoms with Crippen LogP contribution in [0.3, 0.4) is 0 Å². The Kier molecular flexibility index (Phi) is 8.61. The van der Waals surface area contributed by atoms with Gasteiger partial charge in [-0.2, -0.15) is 23.1 Å². The number of ether oxygens (including phenoxy) is 1. The van der Waals surface area contributed by atoms with Crippen molar-refractivity contribution in [1.82, 2.24) is 19.8 Å². The quantitative estimate of drug-likeness (QED) is 0.290. The van der Waals surface area contributed by atoms with Gasteiger partial charge in [0.15, 0.2) is 0 Å². The van der Waals surface area contributed by atoms with Crippen molar-refractivity contribution in [3.63, 3.8) is 0 Å². The van der Waals surface area contributed by atoms with E-state index in [1.165, 1.54) is 13.0 Å². The lowest BCUT2D eigenvalue weighted by atomic mass is 9.73. The molecule has 234 valence electrons. The maximum Gasteiger partial charge on any atom is 0.417 e. The minimum atomic E-state index is -4.75. The van der Waals surface area contributed by atoms with Crippen LogP contribution in [0.5, 0.6) is 6.01 Å². The van der Waals surface area contributed by atoms with Crippen LogP contribution in [0.15, 0.2) is 18.7 Å². The molecule has 43 heavy (non-hydrogen) atoms. The number of rotatable bonds is 6. The molecule has 1 amide bonds. The summed E-state index contributed by atoms with van der Waals surface area (Å²) in [6.07, 6.45) is -0.960. The van der Waals surface area contributed by atoms with Gasteiger partial charge in [-0.3, -0.25) is 4.79 Å². The van der Waals surface area contributed by atoms with Crippen molar-refractivity contribution >= 4 is 17.4 Å². The lowest BCUT2D eigenvalue weighted by molar-refractivity contribution is -0.139. The number of amides is 1. The summed E-state index contributed by atoms with van der Waals surface area (Å²) in [6.45, 7) is 11.5. The normalized spacial score (nSPS) is 24.7. The summed E-state index contributed by atoms with van der Waals surface area (Å²) >= 11 is 0. The summed E-state index contributed by atoms with van der Waals surface area (Å²) in [5, 5.41) is 0. The number of halogens is 4. The maximum absolute atomic E-state index is 15.5. The fourth-order valence-corrected chi connectivity index (χ4v) is 6.97. The number of benzene rings is 1. The SMILES string of the molecule is C=CC(=O)N1CCN(c2nc(OCC3CCCN3C)nc3c2CC(C)C(c2c(F)c(N)cc(C)c2C(F)(F)F)C3)C(C)C1. The number of fused-ring (bicyclic) bond motifs is 1. The molecule has 3 aliphatic rings. The Labute approximate surface area is 249 Å². The zero-order valence-corrected chi connectivity index (χ0v) is 25.2. The Balaban J connectivity index is 1.56. The highest BCUT2D eigenvalue weighted by Crippen LogP contribution is 2.47. The first-order valence-corrected chi connectivity index (χ1v) is 14.9. The van der Waals surface area contributed by atoms with Gasteiger partial charge in [0.1, 0.15) is 18.2 Å². The molecule has 4 atom stereocenters. The van der Waals surface area contributed by atoms with Gasteiger partial charge in [0, 0.05) is 42.8 Å². The first-order chi connectivity index (χ1) is 20.3. The number of likely N-dealkylation sites (tertiary alicyclic amines) is 1. The molecule has 8 nitrogen and oxygen atoms in total. The van der Waals surface area contributed by atoms with E-state index in [0.29, 0.717) is 44.2 Å². The summed E-state index contributed by atoms with van der Waals surface area (Å²) in [6, 6.07) is 1.32. The third-order valence-electron chi connectivity index (χ3n) is 9.32. The number of hydrogen-bond acceptors (Lipinski definition) is 7. The summed E-state index contributed by atoms with van der Waals surface area (Å²) in [5.74, 6) is -1.67. The number of anilines is 2. The van der Waals surface area contributed by atoms with Gasteiger partial charge < -0.3 is 25.2 Å². The molecule has 1 aromatic heterocycles. The van der Waals surface area contributed by atoms with Gasteiger partial charge in [-0.15, -0.1) is 0 Å². The van der Waals surface area contributed by atoms with Crippen molar-refractivity contribution in [2.45, 2.75) is 70.6 Å². The van der Waals surface area contributed by atoms with Crippen molar-refractivity contribution in [2.24, 2.45) is 5.92 Å². The molecule has 5 rings (SSSR count). The first kappa shape index (κ1) is 31.0. The molecule has 12 heteroatoms. The predicted molar refractivity (Wildman–Crippen MR) is 157 cm³/mol. The lowest BCUT2D eigenvalue weighted by Crippen LogP contribution is -2.54. The molecule has 2 saturated heterocycles. The third-order valence-corrected chi connectivity index (χ3v) is 9.32. The average Bonchev–Trinajstić information content (AvgIpc) is 3.36. The molecule has 2 aliphatic heterocycles. The molecule has 2 aromatic rings. The van der Waals surface area contributed by atoms with E-state index in [1.807, 2.05) is 20.9 Å². The second-order valence-corrected chi connectivity index (χ2v) is 12.2. The number of nitrogens with zero attached hydrogens (tertiary/aromatic N) is 5. The van der Waals surface area contributed by atoms with Gasteiger partial charge in [0.05, 0.1) is 16.9 Å². The van der Waals surface area contributed by atoms with Crippen molar-refractivity contribution in [2.75, 3.05) is 50.5 Å². The van der Waals surface area contributed by atoms with Crippen LogP contribution in [0.4, 0.5) is 29.1 Å². The van der Waals surface area contributed by atoms with Crippen LogP contribution in [0.1, 0.15) is 60.6 Å². The Hall–Kier alpha value is -3.41. The third kappa shape index (κ3) is 6.03. The van der Waals surface area contributed by atoms with E-state index in [4.69, 9.17) is 20.4 Å². The highest BCUT2D eigenvalue weighted by Gasteiger charge is 2.43. The molecule has 2 N–H and O–H groups in total. The molecule has 4 unspecified atom stereocenters. The number of likely N-dealkylation sites (N-methyl/N-ethyl adjacent to an activating group) is 1. The minimum Gasteiger partial charge on any atom is -0.462 e. The summed E-state index contributed by atoms with van der Waals surface area (Å²) in [4.78, 5) is 27.9. The van der Waals surface area contributed by atoms with Gasteiger partial charge in [0.2, 0.25) is 5.91 Å². The Morgan fingerprint density at radius 3 is 2.58 bits per heavy atom. The Bertz CT molecular complexity index is 1400. The van der Waals surface area contributed by atoms with Crippen molar-refractivity contribution in [3.8, 4) is 6.01 Å². The zero-order valence-electron chi connectivity index (χ0n) is 25.2. The molecule has 0 bridgehead atoms. The van der Waals surface area contributed by atoms with E-state index < -0.39 is 29.0 Å². The molecule has 1 aliphatic carbocycles. The summed E-state index contributed by atoms with van der Waals surface area (Å²) < 4.78 is 64.6. The molecule has 0 spiro atoms. The van der Waals surface area contributed by atoms with Gasteiger partial charge in [0.25, 0.3) is 0 Å². The number of carbonyl (C=O) groups is 1. The average molecular weight is 605 g/mol. The highest BCUT2D eigenvalue weighted by molar-refractivity contribution is 5.87. The molecule has 0 radical (unpaired) electrons. The van der Waals surface area contributed by atoms with Gasteiger partial charge in [-0.25, -0.2) is 4.39 Å². The monoisotopic (exact) mass is 604 g/mol. The number of nitrogens with two attached hydrogens (primary N) is 1. The molecular weight excluding hydrogens is 564 g/mol. The Morgan fingerprint density at radius 2 is 1.95 bits per heavy atom. The Morgan fingerprint density at radius 1 is 1.21 bits per heavy atom. The second kappa shape index (κ2) is 11.9. The number of hydrogen-bond donors (Lipinski definition) is 1. The smallest absolute Gasteiger partial charge is 0.417 e. The number of piperazine rings is 1. The van der Waals surface area contributed by atoms with Crippen molar-refractivity contribution < 1.29 is 27.1 Å². The largest absolute Gasteiger partial charge is 0.462 e. The van der Waals surface area contributed by atoms with Crippen molar-refractivity contribution in [3.05, 3.63) is 52.5 Å². The van der Waals surface area contributed by atoms with Crippen LogP contribution >= 0.6 is 0 Å². The minimum absolute atomic E-state index is 0.0813. The number of aromatic nitrogens is 2. The van der Waals surface area contributed by atoms with E-state index in [2.05, 4.69) is 16.4 Å². The van der Waals surface area contributed by atoms with Crippen LogP contribution < -0.4 is 15.4 Å². The van der Waals surface area contributed by atoms with Crippen LogP contribution in [-0.2, 0) is 23.8 Å². The molecule has 2 fully saturated rings. The first-order valence-electron chi connectivity index (χ1n) is 14.9. The van der Waals surface area contributed by atoms with Crippen LogP contribution in [-0.4, -0.2) is 77.6 Å². The van der Waals surface area contributed by atoms with Crippen molar-refractivity contribution in [1.29, 1.82) is 0 Å². The van der Waals surface area contributed by atoms with Gasteiger partial charge >= 0.3 is 12.2 Å². The van der Waals surface area contributed by atoms with E-state index in [1.54, 1.807) is 4.90 Å². The summed E-state index contributed by atoms with van der Waals surface area (Å²) in [7, 11) is 2.04. The second-order valence-electron chi connectivity index (χ2n) is 12.2. The molecule has 1 aromatic carbocycles. The topological polar surface area (TPSA) is 87.8 Å². The zero-order chi connectivity index (χ0) is 31.2. The van der Waals surface area contributed by atoms with Crippen LogP contribution in [0, 0.1) is 18.7 Å². The van der Waals surface area contributed by atoms with Gasteiger partial charge in [-0.1, -0.05) is 13.5 Å². The molecular formula is C31H40F4N6O2. The van der Waals surface area contributed by atoms with E-state index >= 15 is 4.39 Å². The van der Waals surface area contributed by atoms with E-state index in [-0.39, 0.29) is 47.6 Å². The summed E-state index contributed by atoms with van der Waals surface area (Å²) in [5.41, 5.74) is 5.46. The fourth-order valence-electron chi connectivity index (χ4n) is 6.97. The standard InChI is InChI=1S/C31H40F4N6O2/c1-6-25(42)40-10-11-41(19(4)15-40)29-22-12-17(2)21(26-27(31(33,34)35)18(3)13-23(36)28(26)32)14-24(22)37-30(38-29)43-16-20-8-7-9-39(20)5/h6,13,17,19-21H,1,7-12,14-16,36H2,2-5H3. The molecule has 0 saturated carbocycles. The number of nitrogen functional groups attached to an aromatic ring is 1. The number of aryl methyl sites for hydroxylation is 1. The predicted octanol–water partition coefficient (Wildman–Crippen LogP) is 4.74. The van der Waals surface area contributed by atoms with Crippen LogP contribution in [0.2, 0.25) is 0 Å². The van der Waals surface area contributed by atoms with Gasteiger partial charge in [-0.05, 0) is 82.7 Å². The molecule has 3 heterocycles. The highest BCUT2D eigenvalue weighted by atomic mass is 19.4.